The number of hydrogen-bond donors (Lipinski definition) is 2. The Morgan fingerprint density at radius 2 is 2.08 bits per heavy atom. The minimum Gasteiger partial charge on any atom is -0.394 e. The molecule has 1 atom stereocenters. The second-order valence-electron chi connectivity index (χ2n) is 4.37. The first kappa shape index (κ1) is 11.0. The maximum atomic E-state index is 9.38. The minimum absolute atomic E-state index is 0.0113. The maximum absolute atomic E-state index is 9.38. The highest BCUT2D eigenvalue weighted by Gasteiger charge is 2.29. The van der Waals surface area contributed by atoms with Gasteiger partial charge >= 0.3 is 0 Å². The first-order chi connectivity index (χ1) is 6.26. The van der Waals surface area contributed by atoms with Crippen LogP contribution in [0.2, 0.25) is 0 Å². The van der Waals surface area contributed by atoms with Crippen LogP contribution in [-0.4, -0.2) is 23.8 Å². The van der Waals surface area contributed by atoms with Crippen LogP contribution in [0, 0.1) is 5.92 Å². The molecule has 1 unspecified atom stereocenters. The molecule has 0 saturated heterocycles. The molecule has 2 N–H and O–H groups in total. The molecule has 0 radical (unpaired) electrons. The summed E-state index contributed by atoms with van der Waals surface area (Å²) in [6, 6.07) is 0. The second kappa shape index (κ2) is 4.97. The molecule has 0 spiro atoms. The summed E-state index contributed by atoms with van der Waals surface area (Å²) in [7, 11) is 0. The summed E-state index contributed by atoms with van der Waals surface area (Å²) in [4.78, 5) is 0. The van der Waals surface area contributed by atoms with Crippen molar-refractivity contribution in [2.24, 2.45) is 5.92 Å². The van der Waals surface area contributed by atoms with Crippen molar-refractivity contribution in [2.45, 2.75) is 51.5 Å². The zero-order chi connectivity index (χ0) is 9.73. The first-order valence-electron chi connectivity index (χ1n) is 5.62. The van der Waals surface area contributed by atoms with Gasteiger partial charge < -0.3 is 10.4 Å². The average Bonchev–Trinajstić information content (AvgIpc) is 2.96. The summed E-state index contributed by atoms with van der Waals surface area (Å²) >= 11 is 0. The van der Waals surface area contributed by atoms with Crippen molar-refractivity contribution < 1.29 is 5.11 Å². The van der Waals surface area contributed by atoms with Crippen LogP contribution < -0.4 is 5.32 Å². The highest BCUT2D eigenvalue weighted by molar-refractivity contribution is 4.88. The van der Waals surface area contributed by atoms with Crippen LogP contribution in [0.15, 0.2) is 0 Å². The molecule has 1 rings (SSSR count). The van der Waals surface area contributed by atoms with Crippen molar-refractivity contribution in [3.8, 4) is 0 Å². The molecular weight excluding hydrogens is 162 g/mol. The largest absolute Gasteiger partial charge is 0.394 e. The molecule has 2 nitrogen and oxygen atoms in total. The van der Waals surface area contributed by atoms with E-state index in [1.807, 2.05) is 0 Å². The predicted molar refractivity (Wildman–Crippen MR) is 55.7 cm³/mol. The van der Waals surface area contributed by atoms with Gasteiger partial charge in [0.1, 0.15) is 0 Å². The van der Waals surface area contributed by atoms with Gasteiger partial charge in [-0.1, -0.05) is 20.3 Å². The van der Waals surface area contributed by atoms with Gasteiger partial charge in [0.2, 0.25) is 0 Å². The summed E-state index contributed by atoms with van der Waals surface area (Å²) in [5.74, 6) is 0.898. The minimum atomic E-state index is 0.0113. The average molecular weight is 185 g/mol. The molecule has 1 aliphatic rings. The Kier molecular flexibility index (Phi) is 4.20. The number of rotatable bonds is 7. The third-order valence-corrected chi connectivity index (χ3v) is 3.17. The molecule has 2 heteroatoms. The molecule has 0 aromatic rings. The fourth-order valence-electron chi connectivity index (χ4n) is 1.80. The van der Waals surface area contributed by atoms with Crippen LogP contribution in [0.5, 0.6) is 0 Å². The van der Waals surface area contributed by atoms with Crippen LogP contribution in [0.4, 0.5) is 0 Å². The SMILES string of the molecule is CCCC(CC)(CO)NCC1CC1. The molecule has 0 aliphatic heterocycles. The lowest BCUT2D eigenvalue weighted by Crippen LogP contribution is -2.48. The quantitative estimate of drug-likeness (QED) is 0.635. The van der Waals surface area contributed by atoms with E-state index in [9.17, 15) is 5.11 Å². The second-order valence-corrected chi connectivity index (χ2v) is 4.37. The van der Waals surface area contributed by atoms with Crippen LogP contribution in [0.1, 0.15) is 46.0 Å². The summed E-state index contributed by atoms with van der Waals surface area (Å²) in [5, 5.41) is 12.9. The zero-order valence-electron chi connectivity index (χ0n) is 8.97. The van der Waals surface area contributed by atoms with Gasteiger partial charge in [-0.05, 0) is 38.1 Å². The van der Waals surface area contributed by atoms with E-state index in [1.54, 1.807) is 0 Å². The van der Waals surface area contributed by atoms with Gasteiger partial charge in [0, 0.05) is 5.54 Å². The van der Waals surface area contributed by atoms with E-state index in [0.29, 0.717) is 0 Å². The number of aliphatic hydroxyl groups excluding tert-OH is 1. The highest BCUT2D eigenvalue weighted by atomic mass is 16.3. The van der Waals surface area contributed by atoms with Crippen molar-refractivity contribution >= 4 is 0 Å². The van der Waals surface area contributed by atoms with Gasteiger partial charge in [0.05, 0.1) is 6.61 Å². The van der Waals surface area contributed by atoms with E-state index in [2.05, 4.69) is 19.2 Å². The van der Waals surface area contributed by atoms with E-state index in [-0.39, 0.29) is 12.1 Å². The summed E-state index contributed by atoms with van der Waals surface area (Å²) in [6.45, 7) is 5.73. The first-order valence-corrected chi connectivity index (χ1v) is 5.62. The lowest BCUT2D eigenvalue weighted by atomic mass is 9.91. The van der Waals surface area contributed by atoms with Crippen LogP contribution in [0.3, 0.4) is 0 Å². The molecule has 1 fully saturated rings. The molecule has 13 heavy (non-hydrogen) atoms. The van der Waals surface area contributed by atoms with Crippen molar-refractivity contribution in [3.63, 3.8) is 0 Å². The Morgan fingerprint density at radius 1 is 1.38 bits per heavy atom. The summed E-state index contributed by atoms with van der Waals surface area (Å²) < 4.78 is 0. The third kappa shape index (κ3) is 3.28. The smallest absolute Gasteiger partial charge is 0.0613 e. The van der Waals surface area contributed by atoms with E-state index < -0.39 is 0 Å². The van der Waals surface area contributed by atoms with Gasteiger partial charge in [-0.3, -0.25) is 0 Å². The summed E-state index contributed by atoms with van der Waals surface area (Å²) in [5.41, 5.74) is 0.0113. The Hall–Kier alpha value is -0.0800. The molecule has 1 aliphatic carbocycles. The normalized spacial score (nSPS) is 21.5. The van der Waals surface area contributed by atoms with Gasteiger partial charge in [0.15, 0.2) is 0 Å². The van der Waals surface area contributed by atoms with Crippen molar-refractivity contribution in [2.75, 3.05) is 13.2 Å². The van der Waals surface area contributed by atoms with E-state index in [4.69, 9.17) is 0 Å². The number of hydrogen-bond acceptors (Lipinski definition) is 2. The maximum Gasteiger partial charge on any atom is 0.0613 e. The molecular formula is C11H23NO. The molecule has 0 bridgehead atoms. The van der Waals surface area contributed by atoms with Gasteiger partial charge in [-0.25, -0.2) is 0 Å². The van der Waals surface area contributed by atoms with Crippen molar-refractivity contribution in [1.82, 2.24) is 5.32 Å². The Balaban J connectivity index is 2.32. The van der Waals surface area contributed by atoms with Crippen LogP contribution >= 0.6 is 0 Å². The van der Waals surface area contributed by atoms with Gasteiger partial charge in [-0.2, -0.15) is 0 Å². The highest BCUT2D eigenvalue weighted by Crippen LogP contribution is 2.29. The fourth-order valence-corrected chi connectivity index (χ4v) is 1.80. The molecule has 0 aromatic carbocycles. The van der Waals surface area contributed by atoms with Crippen LogP contribution in [-0.2, 0) is 0 Å². The molecule has 0 heterocycles. The van der Waals surface area contributed by atoms with Gasteiger partial charge in [0.25, 0.3) is 0 Å². The van der Waals surface area contributed by atoms with Crippen LogP contribution in [0.25, 0.3) is 0 Å². The standard InChI is InChI=1S/C11H23NO/c1-3-7-11(4-2,9-13)12-8-10-5-6-10/h10,12-13H,3-9H2,1-2H3. The molecule has 1 saturated carbocycles. The third-order valence-electron chi connectivity index (χ3n) is 3.17. The zero-order valence-corrected chi connectivity index (χ0v) is 8.97. The van der Waals surface area contributed by atoms with E-state index in [1.165, 1.54) is 12.8 Å². The monoisotopic (exact) mass is 185 g/mol. The van der Waals surface area contributed by atoms with Crippen molar-refractivity contribution in [1.29, 1.82) is 0 Å². The Morgan fingerprint density at radius 3 is 2.46 bits per heavy atom. The van der Waals surface area contributed by atoms with Gasteiger partial charge in [-0.15, -0.1) is 0 Å². The Labute approximate surface area is 81.7 Å². The number of aliphatic hydroxyl groups is 1. The van der Waals surface area contributed by atoms with E-state index in [0.717, 1.165) is 31.7 Å². The number of nitrogens with one attached hydrogen (secondary N) is 1. The van der Waals surface area contributed by atoms with E-state index >= 15 is 0 Å². The molecule has 0 amide bonds. The predicted octanol–water partition coefficient (Wildman–Crippen LogP) is 1.93. The van der Waals surface area contributed by atoms with Crippen molar-refractivity contribution in [3.05, 3.63) is 0 Å². The molecule has 0 aromatic heterocycles. The Bertz CT molecular complexity index is 139. The molecule has 78 valence electrons. The topological polar surface area (TPSA) is 32.3 Å². The summed E-state index contributed by atoms with van der Waals surface area (Å²) in [6.07, 6.45) is 6.03. The lowest BCUT2D eigenvalue weighted by molar-refractivity contribution is 0.144. The lowest BCUT2D eigenvalue weighted by Gasteiger charge is -2.32. The fraction of sp³-hybridized carbons (Fsp3) is 1.00.